The van der Waals surface area contributed by atoms with Crippen LogP contribution < -0.4 is 10.4 Å². The van der Waals surface area contributed by atoms with Gasteiger partial charge in [0.1, 0.15) is 0 Å². The van der Waals surface area contributed by atoms with Gasteiger partial charge in [0.2, 0.25) is 0 Å². The summed E-state index contributed by atoms with van der Waals surface area (Å²) in [7, 11) is 0. The minimum atomic E-state index is -0.345. The minimum Gasteiger partial charge on any atom is -0.450 e. The van der Waals surface area contributed by atoms with Gasteiger partial charge in [0.15, 0.2) is 0 Å². The van der Waals surface area contributed by atoms with Crippen molar-refractivity contribution >= 4 is 10.9 Å². The highest BCUT2D eigenvalue weighted by molar-refractivity contribution is 5.80. The SMILES string of the molecule is CCCCCOc1nc2cccc(CCCCC)c2c(=O)o1. The van der Waals surface area contributed by atoms with Crippen LogP contribution in [0, 0.1) is 0 Å². The van der Waals surface area contributed by atoms with E-state index in [1.807, 2.05) is 18.2 Å². The Kier molecular flexibility index (Phi) is 6.44. The first-order chi connectivity index (χ1) is 10.8. The number of fused-ring (bicyclic) bond motifs is 1. The second-order valence-corrected chi connectivity index (χ2v) is 5.59. The van der Waals surface area contributed by atoms with Crippen LogP contribution in [-0.2, 0) is 6.42 Å². The number of hydrogen-bond acceptors (Lipinski definition) is 4. The molecule has 0 amide bonds. The smallest absolute Gasteiger partial charge is 0.397 e. The van der Waals surface area contributed by atoms with E-state index in [0.717, 1.165) is 50.5 Å². The van der Waals surface area contributed by atoms with Crippen molar-refractivity contribution in [3.8, 4) is 6.08 Å². The number of unbranched alkanes of at least 4 members (excludes halogenated alkanes) is 4. The molecule has 120 valence electrons. The van der Waals surface area contributed by atoms with Crippen LogP contribution in [0.15, 0.2) is 27.4 Å². The Morgan fingerprint density at radius 1 is 1.09 bits per heavy atom. The molecule has 1 aromatic heterocycles. The standard InChI is InChI=1S/C18H25NO3/c1-3-5-7-10-14-11-9-12-15-16(14)17(20)22-18(19-15)21-13-8-6-4-2/h9,11-12H,3-8,10,13H2,1-2H3. The fraction of sp³-hybridized carbons (Fsp3) is 0.556. The average Bonchev–Trinajstić information content (AvgIpc) is 2.52. The van der Waals surface area contributed by atoms with Crippen molar-refractivity contribution < 1.29 is 9.15 Å². The monoisotopic (exact) mass is 303 g/mol. The van der Waals surface area contributed by atoms with Crippen molar-refractivity contribution in [2.24, 2.45) is 0 Å². The highest BCUT2D eigenvalue weighted by Gasteiger charge is 2.11. The molecular formula is C18H25NO3. The molecule has 22 heavy (non-hydrogen) atoms. The topological polar surface area (TPSA) is 52.3 Å². The molecule has 0 aliphatic rings. The van der Waals surface area contributed by atoms with Gasteiger partial charge in [0.25, 0.3) is 0 Å². The normalized spacial score (nSPS) is 11.0. The Labute approximate surface area is 131 Å². The third-order valence-corrected chi connectivity index (χ3v) is 3.75. The van der Waals surface area contributed by atoms with E-state index < -0.39 is 0 Å². The molecular weight excluding hydrogens is 278 g/mol. The number of ether oxygens (including phenoxy) is 1. The molecule has 0 bridgehead atoms. The Bertz CT molecular complexity index is 648. The number of nitrogens with zero attached hydrogens (tertiary/aromatic N) is 1. The number of aromatic nitrogens is 1. The summed E-state index contributed by atoms with van der Waals surface area (Å²) in [6.45, 7) is 4.83. The summed E-state index contributed by atoms with van der Waals surface area (Å²) in [5, 5.41) is 0.597. The van der Waals surface area contributed by atoms with Crippen LogP contribution in [0.1, 0.15) is 57.9 Å². The lowest BCUT2D eigenvalue weighted by molar-refractivity contribution is 0.212. The summed E-state index contributed by atoms with van der Waals surface area (Å²) >= 11 is 0. The molecule has 0 atom stereocenters. The van der Waals surface area contributed by atoms with E-state index in [1.165, 1.54) is 0 Å². The zero-order chi connectivity index (χ0) is 15.8. The van der Waals surface area contributed by atoms with Gasteiger partial charge in [0.05, 0.1) is 17.5 Å². The summed E-state index contributed by atoms with van der Waals surface area (Å²) in [6.07, 6.45) is 7.52. The van der Waals surface area contributed by atoms with Gasteiger partial charge in [-0.15, -0.1) is 0 Å². The molecule has 0 saturated carbocycles. The molecule has 1 heterocycles. The minimum absolute atomic E-state index is 0.0827. The Morgan fingerprint density at radius 2 is 1.86 bits per heavy atom. The largest absolute Gasteiger partial charge is 0.450 e. The van der Waals surface area contributed by atoms with Gasteiger partial charge in [-0.2, -0.15) is 4.98 Å². The first kappa shape index (κ1) is 16.5. The highest BCUT2D eigenvalue weighted by Crippen LogP contribution is 2.19. The van der Waals surface area contributed by atoms with Crippen LogP contribution in [0.5, 0.6) is 6.08 Å². The number of hydrogen-bond donors (Lipinski definition) is 0. The summed E-state index contributed by atoms with van der Waals surface area (Å²) in [4.78, 5) is 16.6. The fourth-order valence-electron chi connectivity index (χ4n) is 2.51. The molecule has 0 N–H and O–H groups in total. The van der Waals surface area contributed by atoms with Crippen molar-refractivity contribution in [2.75, 3.05) is 6.61 Å². The van der Waals surface area contributed by atoms with Gasteiger partial charge in [-0.3, -0.25) is 0 Å². The lowest BCUT2D eigenvalue weighted by Gasteiger charge is -2.07. The van der Waals surface area contributed by atoms with Gasteiger partial charge < -0.3 is 9.15 Å². The average molecular weight is 303 g/mol. The van der Waals surface area contributed by atoms with E-state index in [-0.39, 0.29) is 11.7 Å². The van der Waals surface area contributed by atoms with Crippen LogP contribution in [0.3, 0.4) is 0 Å². The van der Waals surface area contributed by atoms with Gasteiger partial charge in [-0.25, -0.2) is 4.79 Å². The third-order valence-electron chi connectivity index (χ3n) is 3.75. The maximum atomic E-state index is 12.3. The lowest BCUT2D eigenvalue weighted by Crippen LogP contribution is -2.08. The van der Waals surface area contributed by atoms with E-state index in [0.29, 0.717) is 17.5 Å². The lowest BCUT2D eigenvalue weighted by atomic mass is 10.0. The molecule has 0 radical (unpaired) electrons. The van der Waals surface area contributed by atoms with Gasteiger partial charge >= 0.3 is 11.7 Å². The van der Waals surface area contributed by atoms with Crippen LogP contribution in [0.25, 0.3) is 10.9 Å². The molecule has 0 aliphatic carbocycles. The maximum absolute atomic E-state index is 12.3. The van der Waals surface area contributed by atoms with Gasteiger partial charge in [0, 0.05) is 0 Å². The quantitative estimate of drug-likeness (QED) is 0.640. The second-order valence-electron chi connectivity index (χ2n) is 5.59. The molecule has 0 spiro atoms. The second kappa shape index (κ2) is 8.57. The Morgan fingerprint density at radius 3 is 2.64 bits per heavy atom. The summed E-state index contributed by atoms with van der Waals surface area (Å²) < 4.78 is 10.7. The van der Waals surface area contributed by atoms with Gasteiger partial charge in [-0.05, 0) is 30.9 Å². The van der Waals surface area contributed by atoms with Crippen LogP contribution in [-0.4, -0.2) is 11.6 Å². The van der Waals surface area contributed by atoms with E-state index in [4.69, 9.17) is 9.15 Å². The van der Waals surface area contributed by atoms with E-state index in [1.54, 1.807) is 0 Å². The number of aryl methyl sites for hydroxylation is 1. The molecule has 0 aliphatic heterocycles. The van der Waals surface area contributed by atoms with E-state index in [2.05, 4.69) is 18.8 Å². The molecule has 0 saturated heterocycles. The molecule has 4 nitrogen and oxygen atoms in total. The molecule has 0 unspecified atom stereocenters. The molecule has 0 fully saturated rings. The van der Waals surface area contributed by atoms with Crippen molar-refractivity contribution in [3.63, 3.8) is 0 Å². The first-order valence-corrected chi connectivity index (χ1v) is 8.31. The van der Waals surface area contributed by atoms with Crippen molar-refractivity contribution in [1.29, 1.82) is 0 Å². The third kappa shape index (κ3) is 4.33. The molecule has 4 heteroatoms. The van der Waals surface area contributed by atoms with Crippen LogP contribution in [0.4, 0.5) is 0 Å². The first-order valence-electron chi connectivity index (χ1n) is 8.31. The Hall–Kier alpha value is -1.84. The van der Waals surface area contributed by atoms with Crippen molar-refractivity contribution in [2.45, 2.75) is 58.8 Å². The Balaban J connectivity index is 2.19. The van der Waals surface area contributed by atoms with Crippen LogP contribution >= 0.6 is 0 Å². The van der Waals surface area contributed by atoms with Crippen molar-refractivity contribution in [3.05, 3.63) is 34.2 Å². The van der Waals surface area contributed by atoms with Crippen molar-refractivity contribution in [1.82, 2.24) is 4.98 Å². The highest BCUT2D eigenvalue weighted by atomic mass is 16.6. The van der Waals surface area contributed by atoms with Crippen LogP contribution in [0.2, 0.25) is 0 Å². The fourth-order valence-corrected chi connectivity index (χ4v) is 2.51. The van der Waals surface area contributed by atoms with E-state index in [9.17, 15) is 4.79 Å². The zero-order valence-electron chi connectivity index (χ0n) is 13.6. The van der Waals surface area contributed by atoms with Gasteiger partial charge in [-0.1, -0.05) is 51.7 Å². The molecule has 1 aromatic carbocycles. The maximum Gasteiger partial charge on any atom is 0.397 e. The number of rotatable bonds is 9. The zero-order valence-corrected chi connectivity index (χ0v) is 13.6. The summed E-state index contributed by atoms with van der Waals surface area (Å²) in [5.41, 5.74) is 1.34. The number of benzene rings is 1. The summed E-state index contributed by atoms with van der Waals surface area (Å²) in [6, 6.07) is 5.77. The predicted molar refractivity (Wildman–Crippen MR) is 88.5 cm³/mol. The molecule has 2 rings (SSSR count). The predicted octanol–water partition coefficient (Wildman–Crippen LogP) is 4.49. The van der Waals surface area contributed by atoms with E-state index >= 15 is 0 Å². The molecule has 2 aromatic rings. The summed E-state index contributed by atoms with van der Waals surface area (Å²) in [5.74, 6) is 0.